The second-order valence-corrected chi connectivity index (χ2v) is 2.07. The molecule has 0 spiro atoms. The molecule has 0 atom stereocenters. The molecule has 0 saturated heterocycles. The average Bonchev–Trinajstić information content (AvgIpc) is 2.12. The van der Waals surface area contributed by atoms with Crippen molar-refractivity contribution < 1.29 is 0 Å². The van der Waals surface area contributed by atoms with Crippen LogP contribution < -0.4 is 5.84 Å². The van der Waals surface area contributed by atoms with E-state index >= 15 is 0 Å². The molecule has 0 radical (unpaired) electrons. The molecule has 0 amide bonds. The van der Waals surface area contributed by atoms with E-state index in [4.69, 9.17) is 5.84 Å². The Morgan fingerprint density at radius 1 is 1.78 bits per heavy atom. The van der Waals surface area contributed by atoms with Crippen molar-refractivity contribution in [1.29, 1.82) is 0 Å². The summed E-state index contributed by atoms with van der Waals surface area (Å²) < 4.78 is 0. The van der Waals surface area contributed by atoms with Gasteiger partial charge in [0, 0.05) is 0 Å². The Bertz CT molecular complexity index is 183. The molecular weight excluding hydrogens is 114 g/mol. The van der Waals surface area contributed by atoms with Crippen LogP contribution in [0.1, 0.15) is 18.2 Å². The van der Waals surface area contributed by atoms with Crippen molar-refractivity contribution in [2.45, 2.75) is 20.3 Å². The van der Waals surface area contributed by atoms with Crippen LogP contribution in [0.4, 0.5) is 0 Å². The molecule has 1 rings (SSSR count). The molecule has 0 fully saturated rings. The summed E-state index contributed by atoms with van der Waals surface area (Å²) in [5, 5.41) is 3.88. The van der Waals surface area contributed by atoms with Gasteiger partial charge in [0.1, 0.15) is 0 Å². The van der Waals surface area contributed by atoms with E-state index in [1.807, 2.05) is 6.92 Å². The third-order valence-corrected chi connectivity index (χ3v) is 1.44. The molecule has 0 aromatic carbocycles. The maximum absolute atomic E-state index is 5.46. The van der Waals surface area contributed by atoms with Crippen molar-refractivity contribution in [1.82, 2.24) is 9.89 Å². The molecular formula is C6H11N3. The number of hydrogen-bond donors (Lipinski definition) is 1. The van der Waals surface area contributed by atoms with E-state index in [0.717, 1.165) is 12.1 Å². The highest BCUT2D eigenvalue weighted by Gasteiger charge is 1.99. The van der Waals surface area contributed by atoms with Gasteiger partial charge < -0.3 is 5.84 Å². The molecule has 3 heteroatoms. The first-order valence-electron chi connectivity index (χ1n) is 3.04. The summed E-state index contributed by atoms with van der Waals surface area (Å²) in [5.41, 5.74) is 2.27. The van der Waals surface area contributed by atoms with Crippen LogP contribution in [0.25, 0.3) is 0 Å². The molecule has 9 heavy (non-hydrogen) atoms. The summed E-state index contributed by atoms with van der Waals surface area (Å²) in [6.07, 6.45) is 2.72. The molecule has 1 aromatic heterocycles. The standard InChI is InChI=1S/C6H11N3/c1-3-6-5(2)4-8-9(6)7/h4H,3,7H2,1-2H3. The molecule has 3 nitrogen and oxygen atoms in total. The van der Waals surface area contributed by atoms with Crippen LogP contribution >= 0.6 is 0 Å². The molecule has 1 aromatic rings. The predicted octanol–water partition coefficient (Wildman–Crippen LogP) is 0.468. The van der Waals surface area contributed by atoms with E-state index in [9.17, 15) is 0 Å². The van der Waals surface area contributed by atoms with Crippen molar-refractivity contribution in [2.75, 3.05) is 5.84 Å². The van der Waals surface area contributed by atoms with Gasteiger partial charge in [-0.15, -0.1) is 0 Å². The normalized spacial score (nSPS) is 10.0. The van der Waals surface area contributed by atoms with E-state index in [-0.39, 0.29) is 0 Å². The minimum Gasteiger partial charge on any atom is -0.323 e. The lowest BCUT2D eigenvalue weighted by Gasteiger charge is -1.96. The average molecular weight is 125 g/mol. The largest absolute Gasteiger partial charge is 0.323 e. The lowest BCUT2D eigenvalue weighted by molar-refractivity contribution is 0.770. The molecule has 0 aliphatic carbocycles. The Labute approximate surface area is 54.4 Å². The molecule has 0 unspecified atom stereocenters. The summed E-state index contributed by atoms with van der Waals surface area (Å²) in [7, 11) is 0. The first-order chi connectivity index (χ1) is 4.25. The van der Waals surface area contributed by atoms with Crippen LogP contribution in [0.15, 0.2) is 6.20 Å². The quantitative estimate of drug-likeness (QED) is 0.554. The second-order valence-electron chi connectivity index (χ2n) is 2.07. The molecule has 0 bridgehead atoms. The van der Waals surface area contributed by atoms with E-state index in [2.05, 4.69) is 12.0 Å². The van der Waals surface area contributed by atoms with Gasteiger partial charge in [0.05, 0.1) is 11.9 Å². The highest BCUT2D eigenvalue weighted by molar-refractivity contribution is 5.14. The first kappa shape index (κ1) is 6.13. The molecule has 0 saturated carbocycles. The van der Waals surface area contributed by atoms with Gasteiger partial charge in [0.15, 0.2) is 0 Å². The Morgan fingerprint density at radius 3 is 2.67 bits per heavy atom. The van der Waals surface area contributed by atoms with Crippen molar-refractivity contribution in [2.24, 2.45) is 0 Å². The van der Waals surface area contributed by atoms with Gasteiger partial charge in [0.2, 0.25) is 0 Å². The van der Waals surface area contributed by atoms with Crippen molar-refractivity contribution in [3.8, 4) is 0 Å². The van der Waals surface area contributed by atoms with Crippen LogP contribution in [-0.2, 0) is 6.42 Å². The van der Waals surface area contributed by atoms with Gasteiger partial charge in [-0.1, -0.05) is 6.92 Å². The second kappa shape index (κ2) is 2.09. The number of nitrogens with zero attached hydrogens (tertiary/aromatic N) is 2. The minimum atomic E-state index is 0.947. The third-order valence-electron chi connectivity index (χ3n) is 1.44. The molecule has 2 N–H and O–H groups in total. The van der Waals surface area contributed by atoms with E-state index in [1.165, 1.54) is 10.4 Å². The topological polar surface area (TPSA) is 43.8 Å². The fraction of sp³-hybridized carbons (Fsp3) is 0.500. The van der Waals surface area contributed by atoms with Crippen LogP contribution in [0.2, 0.25) is 0 Å². The van der Waals surface area contributed by atoms with Gasteiger partial charge in [-0.2, -0.15) is 9.89 Å². The summed E-state index contributed by atoms with van der Waals surface area (Å²) in [6.45, 7) is 4.07. The third kappa shape index (κ3) is 0.896. The zero-order valence-electron chi connectivity index (χ0n) is 5.76. The molecule has 1 heterocycles. The zero-order valence-corrected chi connectivity index (χ0v) is 5.76. The van der Waals surface area contributed by atoms with Crippen molar-refractivity contribution >= 4 is 0 Å². The van der Waals surface area contributed by atoms with E-state index in [0.29, 0.717) is 0 Å². The van der Waals surface area contributed by atoms with E-state index in [1.54, 1.807) is 6.20 Å². The number of aromatic nitrogens is 2. The van der Waals surface area contributed by atoms with Gasteiger partial charge in [-0.05, 0) is 18.9 Å². The Balaban J connectivity index is 3.07. The highest BCUT2D eigenvalue weighted by Crippen LogP contribution is 2.03. The number of nitrogen functional groups attached to an aromatic ring is 1. The van der Waals surface area contributed by atoms with E-state index < -0.39 is 0 Å². The maximum Gasteiger partial charge on any atom is 0.0643 e. The SMILES string of the molecule is CCc1c(C)cnn1N. The molecule has 0 aliphatic rings. The summed E-state index contributed by atoms with van der Waals surface area (Å²) >= 11 is 0. The molecule has 0 aliphatic heterocycles. The van der Waals surface area contributed by atoms with Crippen LogP contribution in [0.3, 0.4) is 0 Å². The zero-order chi connectivity index (χ0) is 6.85. The van der Waals surface area contributed by atoms with Crippen LogP contribution in [0.5, 0.6) is 0 Å². The van der Waals surface area contributed by atoms with Crippen LogP contribution in [0, 0.1) is 6.92 Å². The molecule has 50 valence electrons. The van der Waals surface area contributed by atoms with Gasteiger partial charge in [0.25, 0.3) is 0 Å². The maximum atomic E-state index is 5.46. The number of hydrogen-bond acceptors (Lipinski definition) is 2. The fourth-order valence-corrected chi connectivity index (χ4v) is 0.915. The van der Waals surface area contributed by atoms with Gasteiger partial charge >= 0.3 is 0 Å². The highest BCUT2D eigenvalue weighted by atomic mass is 15.5. The van der Waals surface area contributed by atoms with Crippen molar-refractivity contribution in [3.05, 3.63) is 17.5 Å². The van der Waals surface area contributed by atoms with Crippen LogP contribution in [-0.4, -0.2) is 9.89 Å². The first-order valence-corrected chi connectivity index (χ1v) is 3.04. The lowest BCUT2D eigenvalue weighted by Crippen LogP contribution is -2.13. The lowest BCUT2D eigenvalue weighted by atomic mass is 10.2. The Morgan fingerprint density at radius 2 is 2.44 bits per heavy atom. The summed E-state index contributed by atoms with van der Waals surface area (Å²) in [5.74, 6) is 5.46. The monoisotopic (exact) mass is 125 g/mol. The summed E-state index contributed by atoms with van der Waals surface area (Å²) in [6, 6.07) is 0. The summed E-state index contributed by atoms with van der Waals surface area (Å²) in [4.78, 5) is 1.43. The Kier molecular flexibility index (Phi) is 1.42. The fourth-order valence-electron chi connectivity index (χ4n) is 0.915. The number of aryl methyl sites for hydroxylation is 1. The number of nitrogens with two attached hydrogens (primary N) is 1. The smallest absolute Gasteiger partial charge is 0.0643 e. The minimum absolute atomic E-state index is 0.947. The van der Waals surface area contributed by atoms with Gasteiger partial charge in [-0.25, -0.2) is 0 Å². The van der Waals surface area contributed by atoms with Crippen molar-refractivity contribution in [3.63, 3.8) is 0 Å². The Hall–Kier alpha value is -0.990. The number of rotatable bonds is 1. The van der Waals surface area contributed by atoms with Gasteiger partial charge in [-0.3, -0.25) is 0 Å². The predicted molar refractivity (Wildman–Crippen MR) is 36.5 cm³/mol.